The van der Waals surface area contributed by atoms with Gasteiger partial charge in [-0.05, 0) is 47.9 Å². The van der Waals surface area contributed by atoms with E-state index in [0.717, 1.165) is 20.7 Å². The van der Waals surface area contributed by atoms with Crippen LogP contribution in [0.2, 0.25) is 5.02 Å². The van der Waals surface area contributed by atoms with Gasteiger partial charge in [-0.1, -0.05) is 71.5 Å². The maximum Gasteiger partial charge on any atom is 0.126 e. The third-order valence-corrected chi connectivity index (χ3v) is 6.42. The Morgan fingerprint density at radius 2 is 1.62 bits per heavy atom. The van der Waals surface area contributed by atoms with Gasteiger partial charge in [0.25, 0.3) is 0 Å². The molecular formula is C16H13Br3ClF. The standard InChI is InChI=1S/C16H13Br3ClF/c17-9-16(10-18,12-1-3-13(19)4-2-12)8-11-7-14(20)5-6-15(11)21/h1-7H,8-10H2. The Labute approximate surface area is 154 Å². The van der Waals surface area contributed by atoms with Crippen LogP contribution < -0.4 is 0 Å². The van der Waals surface area contributed by atoms with Crippen LogP contribution in [0.5, 0.6) is 0 Å². The van der Waals surface area contributed by atoms with Crippen LogP contribution in [0.15, 0.2) is 46.9 Å². The molecule has 0 aliphatic heterocycles. The van der Waals surface area contributed by atoms with Crippen LogP contribution in [0, 0.1) is 5.82 Å². The summed E-state index contributed by atoms with van der Waals surface area (Å²) in [6.45, 7) is 0. The summed E-state index contributed by atoms with van der Waals surface area (Å²) in [7, 11) is 0. The maximum atomic E-state index is 14.1. The van der Waals surface area contributed by atoms with E-state index in [-0.39, 0.29) is 11.2 Å². The highest BCUT2D eigenvalue weighted by atomic mass is 79.9. The Hall–Kier alpha value is 0.1000. The average Bonchev–Trinajstić information content (AvgIpc) is 2.49. The number of halogens is 5. The van der Waals surface area contributed by atoms with Crippen LogP contribution in [0.3, 0.4) is 0 Å². The lowest BCUT2D eigenvalue weighted by molar-refractivity contribution is 0.523. The Kier molecular flexibility index (Phi) is 6.30. The molecule has 2 rings (SSSR count). The highest BCUT2D eigenvalue weighted by Crippen LogP contribution is 2.34. The van der Waals surface area contributed by atoms with Gasteiger partial charge in [0.1, 0.15) is 5.82 Å². The zero-order valence-corrected chi connectivity index (χ0v) is 16.6. The van der Waals surface area contributed by atoms with Gasteiger partial charge in [0.05, 0.1) is 0 Å². The number of hydrogen-bond donors (Lipinski definition) is 0. The number of benzene rings is 2. The van der Waals surface area contributed by atoms with Gasteiger partial charge >= 0.3 is 0 Å². The van der Waals surface area contributed by atoms with E-state index in [1.165, 1.54) is 6.07 Å². The van der Waals surface area contributed by atoms with E-state index in [1.54, 1.807) is 12.1 Å². The summed E-state index contributed by atoms with van der Waals surface area (Å²) in [5.41, 5.74) is 1.55. The molecule has 0 heterocycles. The lowest BCUT2D eigenvalue weighted by atomic mass is 9.79. The molecule has 0 saturated heterocycles. The van der Waals surface area contributed by atoms with Crippen LogP contribution in [-0.4, -0.2) is 10.7 Å². The van der Waals surface area contributed by atoms with Gasteiger partial charge in [-0.15, -0.1) is 0 Å². The molecule has 2 aromatic carbocycles. The van der Waals surface area contributed by atoms with Gasteiger partial charge in [-0.2, -0.15) is 0 Å². The first-order valence-corrected chi connectivity index (χ1v) is 9.74. The second-order valence-electron chi connectivity index (χ2n) is 4.97. The fourth-order valence-electron chi connectivity index (χ4n) is 2.23. The molecule has 0 aliphatic rings. The van der Waals surface area contributed by atoms with Gasteiger partial charge < -0.3 is 0 Å². The first-order chi connectivity index (χ1) is 10.0. The van der Waals surface area contributed by atoms with Crippen molar-refractivity contribution < 1.29 is 4.39 Å². The highest BCUT2D eigenvalue weighted by Gasteiger charge is 2.31. The number of hydrogen-bond acceptors (Lipinski definition) is 0. The molecule has 0 spiro atoms. The minimum Gasteiger partial charge on any atom is -0.207 e. The topological polar surface area (TPSA) is 0 Å². The van der Waals surface area contributed by atoms with Crippen molar-refractivity contribution in [3.63, 3.8) is 0 Å². The number of alkyl halides is 2. The molecule has 0 fully saturated rings. The van der Waals surface area contributed by atoms with Crippen LogP contribution in [0.1, 0.15) is 11.1 Å². The molecule has 21 heavy (non-hydrogen) atoms. The monoisotopic (exact) mass is 496 g/mol. The Morgan fingerprint density at radius 3 is 2.19 bits per heavy atom. The summed E-state index contributed by atoms with van der Waals surface area (Å²) >= 11 is 16.6. The van der Waals surface area contributed by atoms with Crippen LogP contribution >= 0.6 is 59.4 Å². The SMILES string of the molecule is Fc1ccc(Cl)cc1CC(CBr)(CBr)c1ccc(Br)cc1. The third kappa shape index (κ3) is 4.10. The van der Waals surface area contributed by atoms with Crippen molar-refractivity contribution in [3.8, 4) is 0 Å². The zero-order valence-electron chi connectivity index (χ0n) is 11.1. The molecule has 112 valence electrons. The Balaban J connectivity index is 2.42. The van der Waals surface area contributed by atoms with Gasteiger partial charge in [0, 0.05) is 25.6 Å². The van der Waals surface area contributed by atoms with Crippen LogP contribution in [0.4, 0.5) is 4.39 Å². The second-order valence-corrected chi connectivity index (χ2v) is 7.44. The first kappa shape index (κ1) is 17.5. The third-order valence-electron chi connectivity index (χ3n) is 3.50. The fraction of sp³-hybridized carbons (Fsp3) is 0.250. The Morgan fingerprint density at radius 1 is 1.00 bits per heavy atom. The van der Waals surface area contributed by atoms with Gasteiger partial charge in [-0.3, -0.25) is 0 Å². The molecular weight excluding hydrogens is 486 g/mol. The van der Waals surface area contributed by atoms with Crippen LogP contribution in [-0.2, 0) is 11.8 Å². The maximum absolute atomic E-state index is 14.1. The summed E-state index contributed by atoms with van der Waals surface area (Å²) in [5.74, 6) is -0.220. The summed E-state index contributed by atoms with van der Waals surface area (Å²) < 4.78 is 15.1. The summed E-state index contributed by atoms with van der Waals surface area (Å²) in [4.78, 5) is 0. The van der Waals surface area contributed by atoms with E-state index in [1.807, 2.05) is 12.1 Å². The quantitative estimate of drug-likeness (QED) is 0.412. The van der Waals surface area contributed by atoms with Crippen LogP contribution in [0.25, 0.3) is 0 Å². The van der Waals surface area contributed by atoms with Crippen molar-refractivity contribution in [2.45, 2.75) is 11.8 Å². The molecule has 0 aromatic heterocycles. The molecule has 0 atom stereocenters. The minimum atomic E-state index is -0.230. The molecule has 0 amide bonds. The van der Waals surface area contributed by atoms with Crippen molar-refractivity contribution in [2.75, 3.05) is 10.7 Å². The van der Waals surface area contributed by atoms with E-state index in [2.05, 4.69) is 59.9 Å². The molecule has 2 aromatic rings. The molecule has 0 aliphatic carbocycles. The molecule has 5 heteroatoms. The van der Waals surface area contributed by atoms with Gasteiger partial charge in [0.2, 0.25) is 0 Å². The average molecular weight is 499 g/mol. The van der Waals surface area contributed by atoms with Crippen molar-refractivity contribution in [3.05, 3.63) is 68.9 Å². The first-order valence-electron chi connectivity index (χ1n) is 6.33. The van der Waals surface area contributed by atoms with Crippen molar-refractivity contribution in [1.29, 1.82) is 0 Å². The molecule has 0 bridgehead atoms. The predicted octanol–water partition coefficient (Wildman–Crippen LogP) is 6.51. The van der Waals surface area contributed by atoms with E-state index < -0.39 is 0 Å². The minimum absolute atomic E-state index is 0.220. The normalized spacial score (nSPS) is 11.7. The predicted molar refractivity (Wildman–Crippen MR) is 98.5 cm³/mol. The summed E-state index contributed by atoms with van der Waals surface area (Å²) in [5, 5.41) is 2.00. The van der Waals surface area contributed by atoms with E-state index in [4.69, 9.17) is 11.6 Å². The van der Waals surface area contributed by atoms with Gasteiger partial charge in [-0.25, -0.2) is 4.39 Å². The zero-order chi connectivity index (χ0) is 15.5. The smallest absolute Gasteiger partial charge is 0.126 e. The van der Waals surface area contributed by atoms with Gasteiger partial charge in [0.15, 0.2) is 0 Å². The summed E-state index contributed by atoms with van der Waals surface area (Å²) in [6, 6.07) is 12.8. The molecule has 0 radical (unpaired) electrons. The van der Waals surface area contributed by atoms with E-state index in [9.17, 15) is 4.39 Å². The molecule has 0 N–H and O–H groups in total. The largest absolute Gasteiger partial charge is 0.207 e. The summed E-state index contributed by atoms with van der Waals surface area (Å²) in [6.07, 6.45) is 0.567. The van der Waals surface area contributed by atoms with E-state index >= 15 is 0 Å². The highest BCUT2D eigenvalue weighted by molar-refractivity contribution is 9.10. The lowest BCUT2D eigenvalue weighted by Crippen LogP contribution is -2.33. The number of rotatable bonds is 5. The van der Waals surface area contributed by atoms with Crippen molar-refractivity contribution in [2.24, 2.45) is 0 Å². The second kappa shape index (κ2) is 7.58. The van der Waals surface area contributed by atoms with Crippen molar-refractivity contribution in [1.82, 2.24) is 0 Å². The van der Waals surface area contributed by atoms with E-state index in [0.29, 0.717) is 17.0 Å². The molecule has 0 saturated carbocycles. The fourth-order valence-corrected chi connectivity index (χ4v) is 4.66. The molecule has 0 unspecified atom stereocenters. The Bertz CT molecular complexity index is 609. The lowest BCUT2D eigenvalue weighted by Gasteiger charge is -2.31. The molecule has 0 nitrogen and oxygen atoms in total. The van der Waals surface area contributed by atoms with Crippen molar-refractivity contribution >= 4 is 59.4 Å².